The Morgan fingerprint density at radius 1 is 1.16 bits per heavy atom. The van der Waals surface area contributed by atoms with Gasteiger partial charge in [0.05, 0.1) is 51.2 Å². The number of rotatable bonds is 6. The lowest BCUT2D eigenvalue weighted by Crippen LogP contribution is -2.49. The van der Waals surface area contributed by atoms with Crippen molar-refractivity contribution >= 4 is 34.8 Å². The molecule has 196 valence electrons. The summed E-state index contributed by atoms with van der Waals surface area (Å²) in [5, 5.41) is 8.25. The molecule has 4 heterocycles. The van der Waals surface area contributed by atoms with Crippen molar-refractivity contribution in [2.75, 3.05) is 25.0 Å². The molecule has 2 fully saturated rings. The summed E-state index contributed by atoms with van der Waals surface area (Å²) in [6, 6.07) is 9.81. The summed E-state index contributed by atoms with van der Waals surface area (Å²) < 4.78 is 7.47. The number of carbonyl (C=O) groups excluding carboxylic acids is 1. The second-order valence-corrected chi connectivity index (χ2v) is 11.0. The Hall–Kier alpha value is -2.45. The monoisotopic (exact) mass is 541 g/mol. The highest BCUT2D eigenvalue weighted by molar-refractivity contribution is 6.42. The second kappa shape index (κ2) is 10.7. The summed E-state index contributed by atoms with van der Waals surface area (Å²) in [7, 11) is 0. The third kappa shape index (κ3) is 5.15. The first-order chi connectivity index (χ1) is 17.8. The molecule has 3 aromatic rings. The first-order valence-electron chi connectivity index (χ1n) is 12.9. The van der Waals surface area contributed by atoms with Crippen molar-refractivity contribution in [3.8, 4) is 5.69 Å². The van der Waals surface area contributed by atoms with Crippen LogP contribution in [0.25, 0.3) is 5.69 Å². The number of hydrogen-bond donors (Lipinski definition) is 1. The maximum Gasteiger partial charge on any atom is 0.259 e. The van der Waals surface area contributed by atoms with Crippen LogP contribution in [0.15, 0.2) is 42.7 Å². The molecule has 2 aliphatic heterocycles. The lowest BCUT2D eigenvalue weighted by molar-refractivity contribution is 0.0498. The molecular formula is C28H33Cl2N5O2. The summed E-state index contributed by atoms with van der Waals surface area (Å²) in [4.78, 5) is 20.5. The van der Waals surface area contributed by atoms with Gasteiger partial charge in [-0.25, -0.2) is 4.68 Å². The van der Waals surface area contributed by atoms with Gasteiger partial charge in [0.1, 0.15) is 0 Å². The van der Waals surface area contributed by atoms with E-state index in [2.05, 4.69) is 35.2 Å². The summed E-state index contributed by atoms with van der Waals surface area (Å²) in [6.07, 6.45) is 7.97. The fourth-order valence-corrected chi connectivity index (χ4v) is 6.06. The molecular weight excluding hydrogens is 509 g/mol. The highest BCUT2D eigenvalue weighted by atomic mass is 35.5. The van der Waals surface area contributed by atoms with Gasteiger partial charge in [-0.05, 0) is 83.0 Å². The van der Waals surface area contributed by atoms with Crippen molar-refractivity contribution in [1.82, 2.24) is 19.7 Å². The van der Waals surface area contributed by atoms with Crippen LogP contribution in [0, 0.1) is 6.92 Å². The summed E-state index contributed by atoms with van der Waals surface area (Å²) in [6.45, 7) is 9.28. The van der Waals surface area contributed by atoms with Gasteiger partial charge in [0.25, 0.3) is 5.91 Å². The van der Waals surface area contributed by atoms with Gasteiger partial charge in [-0.15, -0.1) is 0 Å². The number of likely N-dealkylation sites (tertiary alicyclic amines) is 1. The van der Waals surface area contributed by atoms with Crippen molar-refractivity contribution in [3.63, 3.8) is 0 Å². The minimum absolute atomic E-state index is 0.0688. The van der Waals surface area contributed by atoms with Crippen molar-refractivity contribution in [3.05, 3.63) is 69.7 Å². The number of aromatic nitrogens is 3. The first-order valence-corrected chi connectivity index (χ1v) is 13.7. The number of nitrogens with one attached hydrogen (secondary N) is 1. The van der Waals surface area contributed by atoms with Gasteiger partial charge >= 0.3 is 0 Å². The van der Waals surface area contributed by atoms with Crippen molar-refractivity contribution in [1.29, 1.82) is 0 Å². The third-order valence-electron chi connectivity index (χ3n) is 8.20. The van der Waals surface area contributed by atoms with Crippen LogP contribution in [-0.4, -0.2) is 57.4 Å². The number of ether oxygens (including phenoxy) is 1. The molecule has 1 amide bonds. The SMILES string of the molecule is CCC1(c2ccc(NC(=O)c3cnn(-c4ccc(Cl)c(Cl)c4)c3C)cn2)CCN(C2CCOC2C)CC1. The molecule has 7 nitrogen and oxygen atoms in total. The first kappa shape index (κ1) is 26.2. The van der Waals surface area contributed by atoms with Crippen LogP contribution in [0.1, 0.15) is 61.3 Å². The topological polar surface area (TPSA) is 72.3 Å². The average Bonchev–Trinajstić information content (AvgIpc) is 3.51. The number of halogens is 2. The highest BCUT2D eigenvalue weighted by Crippen LogP contribution is 2.39. The standard InChI is InChI=1S/C28H33Cl2N5O2/c1-4-28(10-12-34(13-11-28)25-9-14-37-19(25)3)26-8-5-20(16-31-26)33-27(36)22-17-32-35(18(22)2)21-6-7-23(29)24(30)15-21/h5-8,15-17,19,25H,4,9-14H2,1-3H3,(H,33,36). The average molecular weight is 543 g/mol. The molecule has 0 spiro atoms. The van der Waals surface area contributed by atoms with E-state index in [1.54, 1.807) is 29.2 Å². The van der Waals surface area contributed by atoms with Gasteiger partial charge in [-0.2, -0.15) is 5.10 Å². The van der Waals surface area contributed by atoms with E-state index in [4.69, 9.17) is 32.9 Å². The van der Waals surface area contributed by atoms with E-state index in [0.29, 0.717) is 39.1 Å². The largest absolute Gasteiger partial charge is 0.377 e. The number of anilines is 1. The minimum atomic E-state index is -0.232. The van der Waals surface area contributed by atoms with Crippen LogP contribution in [0.5, 0.6) is 0 Å². The molecule has 1 N–H and O–H groups in total. The predicted octanol–water partition coefficient (Wildman–Crippen LogP) is 6.06. The zero-order valence-electron chi connectivity index (χ0n) is 21.5. The maximum absolute atomic E-state index is 13.0. The number of nitrogens with zero attached hydrogens (tertiary/aromatic N) is 4. The van der Waals surface area contributed by atoms with Crippen LogP contribution in [0.3, 0.4) is 0 Å². The van der Waals surface area contributed by atoms with E-state index in [1.165, 1.54) is 0 Å². The molecule has 0 aliphatic carbocycles. The van der Waals surface area contributed by atoms with Crippen molar-refractivity contribution in [2.45, 2.75) is 64.0 Å². The number of piperidine rings is 1. The third-order valence-corrected chi connectivity index (χ3v) is 8.94. The molecule has 0 radical (unpaired) electrons. The highest BCUT2D eigenvalue weighted by Gasteiger charge is 2.39. The Labute approximate surface area is 228 Å². The number of hydrogen-bond acceptors (Lipinski definition) is 5. The molecule has 9 heteroatoms. The molecule has 2 atom stereocenters. The molecule has 37 heavy (non-hydrogen) atoms. The van der Waals surface area contributed by atoms with Crippen LogP contribution < -0.4 is 5.32 Å². The molecule has 5 rings (SSSR count). The van der Waals surface area contributed by atoms with E-state index < -0.39 is 0 Å². The van der Waals surface area contributed by atoms with Gasteiger partial charge in [-0.1, -0.05) is 30.1 Å². The Kier molecular flexibility index (Phi) is 7.59. The molecule has 2 aromatic heterocycles. The van der Waals surface area contributed by atoms with E-state index in [9.17, 15) is 4.79 Å². The minimum Gasteiger partial charge on any atom is -0.377 e. The van der Waals surface area contributed by atoms with Gasteiger partial charge in [0.2, 0.25) is 0 Å². The van der Waals surface area contributed by atoms with Crippen LogP contribution in [-0.2, 0) is 10.2 Å². The number of pyridine rings is 1. The molecule has 1 aromatic carbocycles. The van der Waals surface area contributed by atoms with Gasteiger partial charge in [0, 0.05) is 23.8 Å². The molecule has 2 aliphatic rings. The number of amides is 1. The predicted molar refractivity (Wildman–Crippen MR) is 147 cm³/mol. The van der Waals surface area contributed by atoms with Crippen molar-refractivity contribution in [2.24, 2.45) is 0 Å². The molecule has 2 unspecified atom stereocenters. The fourth-order valence-electron chi connectivity index (χ4n) is 5.76. The second-order valence-electron chi connectivity index (χ2n) is 10.1. The van der Waals surface area contributed by atoms with Crippen LogP contribution in [0.2, 0.25) is 10.0 Å². The van der Waals surface area contributed by atoms with Gasteiger partial charge in [-0.3, -0.25) is 14.7 Å². The molecule has 2 saturated heterocycles. The smallest absolute Gasteiger partial charge is 0.259 e. The Balaban J connectivity index is 1.26. The van der Waals surface area contributed by atoms with E-state index in [-0.39, 0.29) is 11.3 Å². The lowest BCUT2D eigenvalue weighted by atomic mass is 9.73. The summed E-state index contributed by atoms with van der Waals surface area (Å²) >= 11 is 12.2. The Bertz CT molecular complexity index is 1270. The van der Waals surface area contributed by atoms with E-state index in [1.807, 2.05) is 19.1 Å². The lowest BCUT2D eigenvalue weighted by Gasteiger charge is -2.43. The number of benzene rings is 1. The summed E-state index contributed by atoms with van der Waals surface area (Å²) in [5.74, 6) is -0.232. The van der Waals surface area contributed by atoms with Gasteiger partial charge in [0.15, 0.2) is 0 Å². The van der Waals surface area contributed by atoms with E-state index >= 15 is 0 Å². The fraction of sp³-hybridized carbons (Fsp3) is 0.464. The van der Waals surface area contributed by atoms with Crippen molar-refractivity contribution < 1.29 is 9.53 Å². The normalized spacial score (nSPS) is 21.8. The number of carbonyl (C=O) groups is 1. The Morgan fingerprint density at radius 3 is 2.57 bits per heavy atom. The quantitative estimate of drug-likeness (QED) is 0.410. The zero-order chi connectivity index (χ0) is 26.2. The van der Waals surface area contributed by atoms with Gasteiger partial charge < -0.3 is 10.1 Å². The van der Waals surface area contributed by atoms with Crippen LogP contribution >= 0.6 is 23.2 Å². The molecule has 0 saturated carbocycles. The maximum atomic E-state index is 13.0. The van der Waals surface area contributed by atoms with Crippen LogP contribution in [0.4, 0.5) is 5.69 Å². The molecule has 0 bridgehead atoms. The van der Waals surface area contributed by atoms with E-state index in [0.717, 1.165) is 56.8 Å². The zero-order valence-corrected chi connectivity index (χ0v) is 23.0. The summed E-state index contributed by atoms with van der Waals surface area (Å²) in [5.41, 5.74) is 3.77. The Morgan fingerprint density at radius 2 is 1.95 bits per heavy atom.